The quantitative estimate of drug-likeness (QED) is 0.227. The van der Waals surface area contributed by atoms with Crippen LogP contribution in [0.5, 0.6) is 11.5 Å². The molecule has 2 aliphatic heterocycles. The predicted molar refractivity (Wildman–Crippen MR) is 175 cm³/mol. The van der Waals surface area contributed by atoms with Crippen molar-refractivity contribution in [3.63, 3.8) is 0 Å². The largest absolute Gasteiger partial charge is 0.490 e. The summed E-state index contributed by atoms with van der Waals surface area (Å²) >= 11 is 9.88. The average molecular weight is 711 g/mol. The minimum absolute atomic E-state index is 0.0110. The number of amides is 3. The van der Waals surface area contributed by atoms with Gasteiger partial charge in [0.1, 0.15) is 24.7 Å². The van der Waals surface area contributed by atoms with Gasteiger partial charge in [-0.2, -0.15) is 0 Å². The van der Waals surface area contributed by atoms with E-state index in [2.05, 4.69) is 15.9 Å². The van der Waals surface area contributed by atoms with Crippen molar-refractivity contribution in [1.29, 1.82) is 0 Å². The number of benzene rings is 3. The Labute approximate surface area is 279 Å². The SMILES string of the molecule is O=C(O)N1C[C@H]2CC(c3ccc(OCCOc4ccc(Br)cc4)cc3)=C(C(=O)N(Cc3ccccc3Cl)C3CC3)[C@@H](C1)N2C(=O)O. The van der Waals surface area contributed by atoms with Gasteiger partial charge in [-0.3, -0.25) is 9.69 Å². The molecule has 1 aliphatic carbocycles. The molecule has 0 unspecified atom stereocenters. The Hall–Kier alpha value is -4.22. The molecule has 240 valence electrons. The fourth-order valence-corrected chi connectivity index (χ4v) is 6.68. The van der Waals surface area contributed by atoms with Crippen molar-refractivity contribution >= 4 is 51.2 Å². The molecule has 1 saturated heterocycles. The van der Waals surface area contributed by atoms with E-state index in [0.29, 0.717) is 29.6 Å². The third kappa shape index (κ3) is 6.95. The molecule has 2 fully saturated rings. The number of carbonyl (C=O) groups is 3. The molecule has 2 atom stereocenters. The van der Waals surface area contributed by atoms with E-state index < -0.39 is 24.3 Å². The van der Waals surface area contributed by atoms with Crippen molar-refractivity contribution in [2.45, 2.75) is 43.9 Å². The molecule has 1 saturated carbocycles. The van der Waals surface area contributed by atoms with Crippen molar-refractivity contribution in [3.8, 4) is 11.5 Å². The molecular formula is C34H33BrClN3O7. The molecule has 0 radical (unpaired) electrons. The van der Waals surface area contributed by atoms with Crippen molar-refractivity contribution in [3.05, 3.63) is 99.0 Å². The average Bonchev–Trinajstić information content (AvgIpc) is 3.88. The van der Waals surface area contributed by atoms with Crippen molar-refractivity contribution in [1.82, 2.24) is 14.7 Å². The molecule has 12 heteroatoms. The van der Waals surface area contributed by atoms with Crippen LogP contribution in [0.1, 0.15) is 30.4 Å². The summed E-state index contributed by atoms with van der Waals surface area (Å²) in [6.07, 6.45) is -0.473. The van der Waals surface area contributed by atoms with Gasteiger partial charge in [0.05, 0.1) is 12.1 Å². The van der Waals surface area contributed by atoms with Crippen LogP contribution < -0.4 is 9.47 Å². The fraction of sp³-hybridized carbons (Fsp3) is 0.324. The van der Waals surface area contributed by atoms with Crippen LogP contribution in [-0.2, 0) is 11.3 Å². The van der Waals surface area contributed by atoms with Gasteiger partial charge in [0.25, 0.3) is 5.91 Å². The minimum atomic E-state index is -1.18. The monoisotopic (exact) mass is 709 g/mol. The lowest BCUT2D eigenvalue weighted by molar-refractivity contribution is -0.129. The van der Waals surface area contributed by atoms with E-state index in [-0.39, 0.29) is 38.0 Å². The molecule has 6 rings (SSSR count). The number of hydrogen-bond donors (Lipinski definition) is 2. The Balaban J connectivity index is 1.29. The lowest BCUT2D eigenvalue weighted by Gasteiger charge is -2.49. The first-order valence-electron chi connectivity index (χ1n) is 15.1. The van der Waals surface area contributed by atoms with Gasteiger partial charge in [-0.1, -0.05) is 57.9 Å². The highest BCUT2D eigenvalue weighted by molar-refractivity contribution is 9.10. The summed E-state index contributed by atoms with van der Waals surface area (Å²) in [6.45, 7) is 0.829. The number of rotatable bonds is 10. The number of ether oxygens (including phenoxy) is 2. The molecule has 3 aliphatic rings. The Kier molecular flexibility index (Phi) is 9.42. The molecule has 10 nitrogen and oxygen atoms in total. The van der Waals surface area contributed by atoms with E-state index in [1.54, 1.807) is 11.0 Å². The van der Waals surface area contributed by atoms with Crippen LogP contribution in [0.3, 0.4) is 0 Å². The molecule has 2 N–H and O–H groups in total. The first-order valence-corrected chi connectivity index (χ1v) is 16.2. The smallest absolute Gasteiger partial charge is 0.408 e. The summed E-state index contributed by atoms with van der Waals surface area (Å²) < 4.78 is 12.6. The zero-order chi connectivity index (χ0) is 32.4. The van der Waals surface area contributed by atoms with Crippen LogP contribution in [0.2, 0.25) is 5.02 Å². The van der Waals surface area contributed by atoms with Gasteiger partial charge >= 0.3 is 12.2 Å². The van der Waals surface area contributed by atoms with E-state index in [4.69, 9.17) is 21.1 Å². The molecule has 0 spiro atoms. The Morgan fingerprint density at radius 2 is 1.50 bits per heavy atom. The number of halogens is 2. The Bertz CT molecular complexity index is 1650. The summed E-state index contributed by atoms with van der Waals surface area (Å²) in [5, 5.41) is 20.7. The molecule has 3 amide bonds. The number of carboxylic acid groups (broad SMARTS) is 2. The third-order valence-electron chi connectivity index (χ3n) is 8.56. The first kappa shape index (κ1) is 31.7. The summed E-state index contributed by atoms with van der Waals surface area (Å²) in [4.78, 5) is 43.5. The zero-order valence-electron chi connectivity index (χ0n) is 24.9. The maximum atomic E-state index is 14.6. The van der Waals surface area contributed by atoms with Gasteiger partial charge in [0, 0.05) is 40.7 Å². The molecular weight excluding hydrogens is 678 g/mol. The molecule has 2 bridgehead atoms. The summed E-state index contributed by atoms with van der Waals surface area (Å²) in [6, 6.07) is 20.6. The maximum absolute atomic E-state index is 14.6. The van der Waals surface area contributed by atoms with Gasteiger partial charge < -0.3 is 29.5 Å². The molecule has 3 aromatic rings. The van der Waals surface area contributed by atoms with Crippen LogP contribution >= 0.6 is 27.5 Å². The maximum Gasteiger partial charge on any atom is 0.408 e. The van der Waals surface area contributed by atoms with E-state index in [9.17, 15) is 24.6 Å². The second-order valence-electron chi connectivity index (χ2n) is 11.6. The predicted octanol–water partition coefficient (Wildman–Crippen LogP) is 6.62. The lowest BCUT2D eigenvalue weighted by atomic mass is 9.81. The molecule has 3 aromatic carbocycles. The van der Waals surface area contributed by atoms with Crippen molar-refractivity contribution in [2.75, 3.05) is 26.3 Å². The van der Waals surface area contributed by atoms with Crippen LogP contribution in [0.15, 0.2) is 82.8 Å². The van der Waals surface area contributed by atoms with E-state index >= 15 is 0 Å². The van der Waals surface area contributed by atoms with Gasteiger partial charge in [0.2, 0.25) is 0 Å². The highest BCUT2D eigenvalue weighted by Crippen LogP contribution is 2.41. The highest BCUT2D eigenvalue weighted by atomic mass is 79.9. The van der Waals surface area contributed by atoms with Gasteiger partial charge in [-0.25, -0.2) is 9.59 Å². The van der Waals surface area contributed by atoms with Crippen LogP contribution in [-0.4, -0.2) is 87.4 Å². The van der Waals surface area contributed by atoms with Crippen molar-refractivity contribution in [2.24, 2.45) is 0 Å². The zero-order valence-corrected chi connectivity index (χ0v) is 27.2. The normalized spacial score (nSPS) is 19.1. The number of hydrogen-bond acceptors (Lipinski definition) is 5. The van der Waals surface area contributed by atoms with Crippen LogP contribution in [0.4, 0.5) is 9.59 Å². The highest BCUT2D eigenvalue weighted by Gasteiger charge is 2.49. The molecule has 46 heavy (non-hydrogen) atoms. The van der Waals surface area contributed by atoms with E-state index in [1.165, 1.54) is 9.80 Å². The number of fused-ring (bicyclic) bond motifs is 2. The minimum Gasteiger partial charge on any atom is -0.490 e. The summed E-state index contributed by atoms with van der Waals surface area (Å²) in [5.74, 6) is 1.06. The van der Waals surface area contributed by atoms with Crippen molar-refractivity contribution < 1.29 is 34.1 Å². The lowest BCUT2D eigenvalue weighted by Crippen LogP contribution is -2.65. The van der Waals surface area contributed by atoms with E-state index in [0.717, 1.165) is 39.8 Å². The number of carbonyl (C=O) groups excluding carboxylic acids is 1. The topological polar surface area (TPSA) is 120 Å². The van der Waals surface area contributed by atoms with Crippen LogP contribution in [0, 0.1) is 0 Å². The Morgan fingerprint density at radius 3 is 2.09 bits per heavy atom. The van der Waals surface area contributed by atoms with Crippen LogP contribution in [0.25, 0.3) is 5.57 Å². The second kappa shape index (κ2) is 13.6. The summed E-state index contributed by atoms with van der Waals surface area (Å²) in [5.41, 5.74) is 2.58. The third-order valence-corrected chi connectivity index (χ3v) is 9.46. The van der Waals surface area contributed by atoms with E-state index in [1.807, 2.05) is 66.7 Å². The fourth-order valence-electron chi connectivity index (χ4n) is 6.22. The number of nitrogens with zero attached hydrogens (tertiary/aromatic N) is 3. The van der Waals surface area contributed by atoms with Gasteiger partial charge in [-0.05, 0) is 78.4 Å². The van der Waals surface area contributed by atoms with Gasteiger partial charge in [-0.15, -0.1) is 0 Å². The second-order valence-corrected chi connectivity index (χ2v) is 12.9. The standard InChI is InChI=1S/C34H33BrClN3O7/c35-23-7-13-27(14-8-23)46-16-15-45-26-11-5-21(6-12-26)28-17-25-19-37(33(41)42)20-30(39(25)34(43)44)31(28)32(40)38(24-9-10-24)18-22-3-1-2-4-29(22)36/h1-8,11-14,24-25,30H,9-10,15-20H2,(H,41,42)(H,43,44)/t25-,30-/m1/s1. The number of piperazine rings is 1. The summed E-state index contributed by atoms with van der Waals surface area (Å²) in [7, 11) is 0. The Morgan fingerprint density at radius 1 is 0.870 bits per heavy atom. The first-order chi connectivity index (χ1) is 22.2. The van der Waals surface area contributed by atoms with Gasteiger partial charge in [0.15, 0.2) is 0 Å². The molecule has 0 aromatic heterocycles. The molecule has 2 heterocycles.